The van der Waals surface area contributed by atoms with Gasteiger partial charge in [-0.05, 0) is 44.4 Å². The third kappa shape index (κ3) is 3.21. The largest absolute Gasteiger partial charge is 0.396 e. The van der Waals surface area contributed by atoms with Crippen LogP contribution in [0.5, 0.6) is 0 Å². The molecule has 0 spiro atoms. The first-order chi connectivity index (χ1) is 5.33. The van der Waals surface area contributed by atoms with Crippen LogP contribution in [0, 0.1) is 5.92 Å². The molecular formula is C9H18O2. The molecule has 0 aliphatic heterocycles. The van der Waals surface area contributed by atoms with Crippen molar-refractivity contribution in [2.24, 2.45) is 5.92 Å². The van der Waals surface area contributed by atoms with E-state index in [2.05, 4.69) is 0 Å². The van der Waals surface area contributed by atoms with Gasteiger partial charge in [-0.15, -0.1) is 0 Å². The zero-order chi connectivity index (χ0) is 8.10. The summed E-state index contributed by atoms with van der Waals surface area (Å²) in [6, 6.07) is 0. The second-order valence-corrected chi connectivity index (χ2v) is 3.54. The summed E-state index contributed by atoms with van der Waals surface area (Å²) in [6.45, 7) is 0.319. The summed E-state index contributed by atoms with van der Waals surface area (Å²) in [6.07, 6.45) is 6.28. The van der Waals surface area contributed by atoms with E-state index in [-0.39, 0.29) is 6.10 Å². The van der Waals surface area contributed by atoms with Crippen LogP contribution in [0.4, 0.5) is 0 Å². The fourth-order valence-electron chi connectivity index (χ4n) is 1.81. The Labute approximate surface area is 68.2 Å². The lowest BCUT2D eigenvalue weighted by molar-refractivity contribution is 0.104. The maximum absolute atomic E-state index is 9.20. The quantitative estimate of drug-likeness (QED) is 0.650. The highest BCUT2D eigenvalue weighted by atomic mass is 16.3. The number of aliphatic hydroxyl groups excluding tert-OH is 2. The monoisotopic (exact) mass is 158 g/mol. The molecule has 2 heteroatoms. The standard InChI is InChI=1S/C9H18O2/c10-7-1-2-8-3-5-9(11)6-4-8/h8-11H,1-7H2/t8-,9-. The molecule has 0 heterocycles. The summed E-state index contributed by atoms with van der Waals surface area (Å²) in [5.74, 6) is 0.769. The Balaban J connectivity index is 2.07. The van der Waals surface area contributed by atoms with Crippen molar-refractivity contribution < 1.29 is 10.2 Å². The maximum atomic E-state index is 9.20. The zero-order valence-electron chi connectivity index (χ0n) is 7.00. The van der Waals surface area contributed by atoms with Gasteiger partial charge in [-0.3, -0.25) is 0 Å². The fourth-order valence-corrected chi connectivity index (χ4v) is 1.81. The number of rotatable bonds is 3. The average Bonchev–Trinajstić information content (AvgIpc) is 2.04. The van der Waals surface area contributed by atoms with E-state index in [0.717, 1.165) is 44.4 Å². The summed E-state index contributed by atoms with van der Waals surface area (Å²) in [5, 5.41) is 17.8. The first kappa shape index (κ1) is 9.01. The molecule has 0 atom stereocenters. The highest BCUT2D eigenvalue weighted by molar-refractivity contribution is 4.71. The molecule has 0 bridgehead atoms. The summed E-state index contributed by atoms with van der Waals surface area (Å²) in [5.41, 5.74) is 0. The van der Waals surface area contributed by atoms with Crippen LogP contribution in [-0.2, 0) is 0 Å². The van der Waals surface area contributed by atoms with Crippen LogP contribution in [-0.4, -0.2) is 22.9 Å². The highest BCUT2D eigenvalue weighted by Gasteiger charge is 2.18. The van der Waals surface area contributed by atoms with Crippen molar-refractivity contribution in [3.05, 3.63) is 0 Å². The molecule has 1 saturated carbocycles. The Morgan fingerprint density at radius 2 is 1.73 bits per heavy atom. The number of aliphatic hydroxyl groups is 2. The Morgan fingerprint density at radius 3 is 2.27 bits per heavy atom. The molecule has 1 rings (SSSR count). The first-order valence-corrected chi connectivity index (χ1v) is 4.62. The van der Waals surface area contributed by atoms with E-state index in [1.807, 2.05) is 0 Å². The second kappa shape index (κ2) is 4.73. The Hall–Kier alpha value is -0.0800. The highest BCUT2D eigenvalue weighted by Crippen LogP contribution is 2.27. The molecule has 66 valence electrons. The smallest absolute Gasteiger partial charge is 0.0540 e. The molecule has 1 aliphatic rings. The van der Waals surface area contributed by atoms with Gasteiger partial charge in [0.25, 0.3) is 0 Å². The van der Waals surface area contributed by atoms with E-state index < -0.39 is 0 Å². The van der Waals surface area contributed by atoms with Crippen molar-refractivity contribution in [1.82, 2.24) is 0 Å². The van der Waals surface area contributed by atoms with Gasteiger partial charge in [0, 0.05) is 6.61 Å². The molecule has 0 aromatic rings. The fraction of sp³-hybridized carbons (Fsp3) is 1.00. The maximum Gasteiger partial charge on any atom is 0.0540 e. The lowest BCUT2D eigenvalue weighted by atomic mass is 9.85. The van der Waals surface area contributed by atoms with Gasteiger partial charge < -0.3 is 10.2 Å². The van der Waals surface area contributed by atoms with Gasteiger partial charge >= 0.3 is 0 Å². The van der Waals surface area contributed by atoms with Crippen LogP contribution in [0.25, 0.3) is 0 Å². The molecular weight excluding hydrogens is 140 g/mol. The molecule has 0 amide bonds. The van der Waals surface area contributed by atoms with Gasteiger partial charge in [-0.25, -0.2) is 0 Å². The molecule has 0 aromatic heterocycles. The third-order valence-electron chi connectivity index (χ3n) is 2.59. The van der Waals surface area contributed by atoms with Crippen LogP contribution in [0.3, 0.4) is 0 Å². The molecule has 1 aliphatic carbocycles. The summed E-state index contributed by atoms with van der Waals surface area (Å²) in [4.78, 5) is 0. The molecule has 2 N–H and O–H groups in total. The lowest BCUT2D eigenvalue weighted by Gasteiger charge is -2.24. The van der Waals surface area contributed by atoms with Crippen molar-refractivity contribution in [2.75, 3.05) is 6.61 Å². The minimum Gasteiger partial charge on any atom is -0.396 e. The second-order valence-electron chi connectivity index (χ2n) is 3.54. The van der Waals surface area contributed by atoms with Crippen molar-refractivity contribution in [1.29, 1.82) is 0 Å². The Bertz CT molecular complexity index is 93.0. The molecule has 0 unspecified atom stereocenters. The lowest BCUT2D eigenvalue weighted by Crippen LogP contribution is -2.18. The van der Waals surface area contributed by atoms with Gasteiger partial charge in [0.2, 0.25) is 0 Å². The Kier molecular flexibility index (Phi) is 3.87. The number of hydrogen-bond acceptors (Lipinski definition) is 2. The van der Waals surface area contributed by atoms with Gasteiger partial charge in [-0.2, -0.15) is 0 Å². The van der Waals surface area contributed by atoms with Crippen LogP contribution in [0.15, 0.2) is 0 Å². The summed E-state index contributed by atoms with van der Waals surface area (Å²) in [7, 11) is 0. The molecule has 0 radical (unpaired) electrons. The molecule has 11 heavy (non-hydrogen) atoms. The van der Waals surface area contributed by atoms with Crippen LogP contribution < -0.4 is 0 Å². The molecule has 2 nitrogen and oxygen atoms in total. The summed E-state index contributed by atoms with van der Waals surface area (Å²) < 4.78 is 0. The van der Waals surface area contributed by atoms with E-state index in [1.54, 1.807) is 0 Å². The van der Waals surface area contributed by atoms with Crippen LogP contribution in [0.2, 0.25) is 0 Å². The molecule has 0 aromatic carbocycles. The zero-order valence-corrected chi connectivity index (χ0v) is 7.00. The van der Waals surface area contributed by atoms with Crippen LogP contribution in [0.1, 0.15) is 38.5 Å². The topological polar surface area (TPSA) is 40.5 Å². The van der Waals surface area contributed by atoms with Crippen molar-refractivity contribution >= 4 is 0 Å². The molecule has 0 saturated heterocycles. The van der Waals surface area contributed by atoms with E-state index in [4.69, 9.17) is 5.11 Å². The third-order valence-corrected chi connectivity index (χ3v) is 2.59. The van der Waals surface area contributed by atoms with Gasteiger partial charge in [0.15, 0.2) is 0 Å². The van der Waals surface area contributed by atoms with Crippen LogP contribution >= 0.6 is 0 Å². The van der Waals surface area contributed by atoms with Gasteiger partial charge in [0.1, 0.15) is 0 Å². The minimum atomic E-state index is -0.0413. The SMILES string of the molecule is OCCC[C@H]1CC[C@H](O)CC1. The minimum absolute atomic E-state index is 0.0413. The van der Waals surface area contributed by atoms with E-state index in [0.29, 0.717) is 6.61 Å². The summed E-state index contributed by atoms with van der Waals surface area (Å²) >= 11 is 0. The van der Waals surface area contributed by atoms with Crippen molar-refractivity contribution in [2.45, 2.75) is 44.6 Å². The van der Waals surface area contributed by atoms with Gasteiger partial charge in [0.05, 0.1) is 6.10 Å². The normalized spacial score (nSPS) is 32.2. The predicted octanol–water partition coefficient (Wildman–Crippen LogP) is 1.31. The van der Waals surface area contributed by atoms with E-state index in [1.165, 1.54) is 0 Å². The van der Waals surface area contributed by atoms with Gasteiger partial charge in [-0.1, -0.05) is 0 Å². The predicted molar refractivity (Wildman–Crippen MR) is 44.3 cm³/mol. The van der Waals surface area contributed by atoms with E-state index in [9.17, 15) is 5.11 Å². The average molecular weight is 158 g/mol. The number of hydrogen-bond donors (Lipinski definition) is 2. The Morgan fingerprint density at radius 1 is 1.09 bits per heavy atom. The van der Waals surface area contributed by atoms with Crippen molar-refractivity contribution in [3.8, 4) is 0 Å². The molecule has 1 fully saturated rings. The van der Waals surface area contributed by atoms with Crippen molar-refractivity contribution in [3.63, 3.8) is 0 Å². The first-order valence-electron chi connectivity index (χ1n) is 4.62. The van der Waals surface area contributed by atoms with E-state index >= 15 is 0 Å².